The number of nitrogens with two attached hydrogens (primary N) is 1. The topological polar surface area (TPSA) is 48.9 Å². The molecule has 0 amide bonds. The minimum atomic E-state index is -0.128. The maximum atomic E-state index is 11.7. The van der Waals surface area contributed by atoms with E-state index in [1.807, 2.05) is 6.92 Å². The highest BCUT2D eigenvalue weighted by molar-refractivity contribution is 6.35. The van der Waals surface area contributed by atoms with E-state index in [1.165, 1.54) is 6.07 Å². The Morgan fingerprint density at radius 3 is 2.82 bits per heavy atom. The molecular formula is C12H17Cl2NO2. The highest BCUT2D eigenvalue weighted by Gasteiger charge is 2.03. The van der Waals surface area contributed by atoms with E-state index in [0.717, 1.165) is 26.2 Å². The number of rotatable bonds is 7. The fraction of sp³-hybridized carbons (Fsp3) is 0.500. The second-order valence-electron chi connectivity index (χ2n) is 3.71. The molecule has 0 aliphatic heterocycles. The Kier molecular flexibility index (Phi) is 6.66. The Hall–Kier alpha value is -0.480. The molecule has 0 saturated heterocycles. The van der Waals surface area contributed by atoms with Gasteiger partial charge in [0.15, 0.2) is 0 Å². The Morgan fingerprint density at radius 1 is 1.35 bits per heavy atom. The fourth-order valence-electron chi connectivity index (χ4n) is 1.50. The van der Waals surface area contributed by atoms with Crippen LogP contribution >= 0.6 is 23.2 Å². The van der Waals surface area contributed by atoms with Gasteiger partial charge < -0.3 is 15.2 Å². The maximum Gasteiger partial charge on any atom is 0.101 e. The average Bonchev–Trinajstić information content (AvgIpc) is 2.29. The highest BCUT2D eigenvalue weighted by atomic mass is 35.5. The van der Waals surface area contributed by atoms with Crippen LogP contribution in [0.4, 0.5) is 0 Å². The molecule has 0 aliphatic carbocycles. The zero-order valence-electron chi connectivity index (χ0n) is 9.84. The molecule has 0 bridgehead atoms. The van der Waals surface area contributed by atoms with Crippen LogP contribution in [0, 0.1) is 0 Å². The molecule has 0 aromatic heterocycles. The van der Waals surface area contributed by atoms with Gasteiger partial charge in [0, 0.05) is 28.6 Å². The van der Waals surface area contributed by atoms with E-state index in [-0.39, 0.29) is 10.8 Å². The van der Waals surface area contributed by atoms with Crippen LogP contribution in [0.15, 0.2) is 12.1 Å². The molecule has 0 radical (unpaired) electrons. The molecule has 2 N–H and O–H groups in total. The Balaban J connectivity index is 2.36. The van der Waals surface area contributed by atoms with Crippen LogP contribution in [-0.2, 0) is 11.3 Å². The first-order valence-electron chi connectivity index (χ1n) is 5.69. The van der Waals surface area contributed by atoms with Crippen molar-refractivity contribution < 1.29 is 15.2 Å². The van der Waals surface area contributed by atoms with Crippen molar-refractivity contribution >= 4 is 23.2 Å². The minimum absolute atomic E-state index is 0.128. The van der Waals surface area contributed by atoms with Gasteiger partial charge in [0.25, 0.3) is 0 Å². The Morgan fingerprint density at radius 2 is 2.12 bits per heavy atom. The van der Waals surface area contributed by atoms with Crippen LogP contribution in [-0.4, -0.2) is 19.8 Å². The van der Waals surface area contributed by atoms with Crippen LogP contribution in [0.25, 0.3) is 0 Å². The van der Waals surface area contributed by atoms with Gasteiger partial charge in [0.05, 0.1) is 13.2 Å². The van der Waals surface area contributed by atoms with E-state index in [9.17, 15) is 5.11 Å². The van der Waals surface area contributed by atoms with Crippen LogP contribution in [0.2, 0.25) is 10.0 Å². The molecule has 3 nitrogen and oxygen atoms in total. The van der Waals surface area contributed by atoms with E-state index in [0.29, 0.717) is 17.1 Å². The van der Waals surface area contributed by atoms with E-state index in [4.69, 9.17) is 27.9 Å². The summed E-state index contributed by atoms with van der Waals surface area (Å²) >= 11 is 11.6. The number of halogens is 2. The van der Waals surface area contributed by atoms with E-state index >= 15 is 0 Å². The number of benzene rings is 1. The lowest BCUT2D eigenvalue weighted by Gasteiger charge is -2.14. The number of ether oxygens (including phenoxy) is 1. The average molecular weight is 278 g/mol. The molecule has 1 aromatic rings. The SMILES string of the molecule is CCOCCC[NH2+]Cc1cc(Cl)cc(Cl)c1[O-]. The summed E-state index contributed by atoms with van der Waals surface area (Å²) in [6.45, 7) is 5.00. The van der Waals surface area contributed by atoms with Gasteiger partial charge in [-0.25, -0.2) is 0 Å². The third kappa shape index (κ3) is 5.13. The third-order valence-corrected chi connectivity index (χ3v) is 2.85. The van der Waals surface area contributed by atoms with Gasteiger partial charge >= 0.3 is 0 Å². The Bertz CT molecular complexity index is 359. The molecule has 0 atom stereocenters. The van der Waals surface area contributed by atoms with Gasteiger partial charge in [-0.3, -0.25) is 0 Å². The number of quaternary nitrogens is 1. The van der Waals surface area contributed by atoms with Gasteiger partial charge in [-0.15, -0.1) is 0 Å². The van der Waals surface area contributed by atoms with Crippen LogP contribution in [0.3, 0.4) is 0 Å². The normalized spacial score (nSPS) is 10.8. The van der Waals surface area contributed by atoms with Crippen molar-refractivity contribution in [1.29, 1.82) is 0 Å². The van der Waals surface area contributed by atoms with Crippen molar-refractivity contribution in [2.24, 2.45) is 0 Å². The Labute approximate surface area is 112 Å². The molecule has 1 rings (SSSR count). The van der Waals surface area contributed by atoms with Crippen molar-refractivity contribution in [3.63, 3.8) is 0 Å². The number of hydrogen-bond acceptors (Lipinski definition) is 2. The molecule has 0 heterocycles. The summed E-state index contributed by atoms with van der Waals surface area (Å²) in [5, 5.41) is 14.4. The van der Waals surface area contributed by atoms with Crippen molar-refractivity contribution in [3.8, 4) is 5.75 Å². The third-order valence-electron chi connectivity index (χ3n) is 2.35. The summed E-state index contributed by atoms with van der Waals surface area (Å²) < 4.78 is 5.22. The number of hydrogen-bond donors (Lipinski definition) is 1. The van der Waals surface area contributed by atoms with Crippen LogP contribution in [0.5, 0.6) is 5.75 Å². The van der Waals surface area contributed by atoms with Crippen LogP contribution in [0.1, 0.15) is 18.9 Å². The monoisotopic (exact) mass is 277 g/mol. The summed E-state index contributed by atoms with van der Waals surface area (Å²) in [6.07, 6.45) is 0.969. The molecule has 0 saturated carbocycles. The van der Waals surface area contributed by atoms with Crippen LogP contribution < -0.4 is 10.4 Å². The molecule has 0 aliphatic rings. The zero-order chi connectivity index (χ0) is 12.7. The first-order chi connectivity index (χ1) is 8.15. The second-order valence-corrected chi connectivity index (χ2v) is 4.55. The molecule has 0 unspecified atom stereocenters. The van der Waals surface area contributed by atoms with Gasteiger partial charge in [0.2, 0.25) is 0 Å². The zero-order valence-corrected chi connectivity index (χ0v) is 11.4. The predicted molar refractivity (Wildman–Crippen MR) is 67.5 cm³/mol. The molecule has 5 heteroatoms. The lowest BCUT2D eigenvalue weighted by Crippen LogP contribution is -2.82. The van der Waals surface area contributed by atoms with Crippen molar-refractivity contribution in [2.45, 2.75) is 19.9 Å². The summed E-state index contributed by atoms with van der Waals surface area (Å²) in [4.78, 5) is 0. The van der Waals surface area contributed by atoms with Crippen molar-refractivity contribution in [2.75, 3.05) is 19.8 Å². The largest absolute Gasteiger partial charge is 0.871 e. The van der Waals surface area contributed by atoms with Crippen molar-refractivity contribution in [3.05, 3.63) is 27.7 Å². The summed E-state index contributed by atoms with van der Waals surface area (Å²) in [7, 11) is 0. The van der Waals surface area contributed by atoms with E-state index in [1.54, 1.807) is 6.07 Å². The lowest BCUT2D eigenvalue weighted by molar-refractivity contribution is -0.671. The first kappa shape index (κ1) is 14.6. The summed E-state index contributed by atoms with van der Waals surface area (Å²) in [5.74, 6) is -0.128. The van der Waals surface area contributed by atoms with E-state index in [2.05, 4.69) is 5.32 Å². The quantitative estimate of drug-likeness (QED) is 0.769. The molecule has 96 valence electrons. The maximum absolute atomic E-state index is 11.7. The minimum Gasteiger partial charge on any atom is -0.871 e. The molecule has 1 aromatic carbocycles. The molecule has 17 heavy (non-hydrogen) atoms. The summed E-state index contributed by atoms with van der Waals surface area (Å²) in [6, 6.07) is 3.15. The second kappa shape index (κ2) is 7.77. The van der Waals surface area contributed by atoms with Crippen molar-refractivity contribution in [1.82, 2.24) is 0 Å². The molecule has 0 fully saturated rings. The van der Waals surface area contributed by atoms with Gasteiger partial charge in [-0.2, -0.15) is 0 Å². The van der Waals surface area contributed by atoms with Gasteiger partial charge in [-0.1, -0.05) is 29.0 Å². The highest BCUT2D eigenvalue weighted by Crippen LogP contribution is 2.28. The fourth-order valence-corrected chi connectivity index (χ4v) is 2.03. The van der Waals surface area contributed by atoms with E-state index < -0.39 is 0 Å². The summed E-state index contributed by atoms with van der Waals surface area (Å²) in [5.41, 5.74) is 0.652. The lowest BCUT2D eigenvalue weighted by atomic mass is 10.2. The first-order valence-corrected chi connectivity index (χ1v) is 6.45. The molecule has 0 spiro atoms. The smallest absolute Gasteiger partial charge is 0.101 e. The molecular weight excluding hydrogens is 261 g/mol. The predicted octanol–water partition coefficient (Wildman–Crippen LogP) is 1.56. The van der Waals surface area contributed by atoms with Gasteiger partial charge in [-0.05, 0) is 19.1 Å². The van der Waals surface area contributed by atoms with Gasteiger partial charge in [0.1, 0.15) is 6.54 Å². The standard InChI is InChI=1S/C12H17Cl2NO2/c1-2-17-5-3-4-15-8-9-6-10(13)7-11(14)12(9)16/h6-7,15-16H,2-5,8H2,1H3.